The highest BCUT2D eigenvalue weighted by atomic mass is 32.2. The highest BCUT2D eigenvalue weighted by Gasteiger charge is 2.23. The molecule has 1 rings (SSSR count). The van der Waals surface area contributed by atoms with Crippen molar-refractivity contribution >= 4 is 10.9 Å². The van der Waals surface area contributed by atoms with Gasteiger partial charge in [0.15, 0.2) is 0 Å². The van der Waals surface area contributed by atoms with Crippen LogP contribution < -0.4 is 0 Å². The summed E-state index contributed by atoms with van der Waals surface area (Å²) >= 11 is 0. The second kappa shape index (κ2) is 3.31. The molecule has 1 aliphatic carbocycles. The zero-order valence-corrected chi connectivity index (χ0v) is 7.13. The maximum Gasteiger partial charge on any atom is 0.128 e. The fourth-order valence-corrected chi connectivity index (χ4v) is 3.01. The standard InChI is InChI=1S/C8H15S/c1-3-9(4-2)8-6-5-7-8/h6H,3-5,7H2,1-2H3/q+1. The van der Waals surface area contributed by atoms with Crippen LogP contribution in [0.4, 0.5) is 0 Å². The first-order valence-corrected chi connectivity index (χ1v) is 5.31. The second-order valence-corrected chi connectivity index (χ2v) is 4.94. The zero-order chi connectivity index (χ0) is 6.69. The van der Waals surface area contributed by atoms with Crippen LogP contribution in [-0.2, 0) is 10.9 Å². The third kappa shape index (κ3) is 1.51. The van der Waals surface area contributed by atoms with Gasteiger partial charge in [0.2, 0.25) is 0 Å². The maximum atomic E-state index is 2.41. The van der Waals surface area contributed by atoms with Gasteiger partial charge in [-0.1, -0.05) is 0 Å². The summed E-state index contributed by atoms with van der Waals surface area (Å²) in [4.78, 5) is 1.75. The Bertz CT molecular complexity index is 112. The van der Waals surface area contributed by atoms with Crippen LogP contribution in [0.3, 0.4) is 0 Å². The minimum absolute atomic E-state index is 0.665. The molecule has 0 amide bonds. The predicted octanol–water partition coefficient (Wildman–Crippen LogP) is 2.32. The Morgan fingerprint density at radius 2 is 2.00 bits per heavy atom. The van der Waals surface area contributed by atoms with Crippen molar-refractivity contribution in [2.45, 2.75) is 26.7 Å². The van der Waals surface area contributed by atoms with Crippen molar-refractivity contribution in [1.82, 2.24) is 0 Å². The third-order valence-electron chi connectivity index (χ3n) is 1.83. The van der Waals surface area contributed by atoms with Crippen LogP contribution >= 0.6 is 0 Å². The van der Waals surface area contributed by atoms with Crippen LogP contribution in [0.25, 0.3) is 0 Å². The van der Waals surface area contributed by atoms with Gasteiger partial charge in [0.1, 0.15) is 16.4 Å². The normalized spacial score (nSPS) is 17.4. The summed E-state index contributed by atoms with van der Waals surface area (Å²) in [6, 6.07) is 0. The van der Waals surface area contributed by atoms with Crippen molar-refractivity contribution in [3.8, 4) is 0 Å². The van der Waals surface area contributed by atoms with Crippen LogP contribution in [0, 0.1) is 0 Å². The molecule has 0 bridgehead atoms. The molecule has 9 heavy (non-hydrogen) atoms. The Labute approximate surface area is 60.7 Å². The van der Waals surface area contributed by atoms with Crippen LogP contribution in [0.5, 0.6) is 0 Å². The summed E-state index contributed by atoms with van der Waals surface area (Å²) in [5, 5.41) is 0. The molecule has 0 fully saturated rings. The SMILES string of the molecule is CC[S+](CC)C1=CCC1. The summed E-state index contributed by atoms with van der Waals surface area (Å²) < 4.78 is 0. The highest BCUT2D eigenvalue weighted by Crippen LogP contribution is 2.25. The Hall–Kier alpha value is 0.0900. The van der Waals surface area contributed by atoms with Gasteiger partial charge >= 0.3 is 0 Å². The van der Waals surface area contributed by atoms with Gasteiger partial charge in [-0.05, 0) is 26.3 Å². The fraction of sp³-hybridized carbons (Fsp3) is 0.750. The predicted molar refractivity (Wildman–Crippen MR) is 45.8 cm³/mol. The van der Waals surface area contributed by atoms with E-state index in [1.807, 2.05) is 0 Å². The zero-order valence-electron chi connectivity index (χ0n) is 6.31. The van der Waals surface area contributed by atoms with E-state index in [0.717, 1.165) is 0 Å². The monoisotopic (exact) mass is 143 g/mol. The van der Waals surface area contributed by atoms with E-state index in [1.165, 1.54) is 24.3 Å². The van der Waals surface area contributed by atoms with Crippen molar-refractivity contribution in [2.24, 2.45) is 0 Å². The Morgan fingerprint density at radius 3 is 2.11 bits per heavy atom. The molecule has 0 atom stereocenters. The third-order valence-corrected chi connectivity index (χ3v) is 4.34. The molecule has 0 aromatic carbocycles. The minimum atomic E-state index is 0.665. The van der Waals surface area contributed by atoms with Gasteiger partial charge < -0.3 is 0 Å². The Morgan fingerprint density at radius 1 is 1.44 bits per heavy atom. The Kier molecular flexibility index (Phi) is 2.65. The van der Waals surface area contributed by atoms with Gasteiger partial charge in [-0.2, -0.15) is 0 Å². The number of hydrogen-bond acceptors (Lipinski definition) is 0. The molecule has 0 saturated carbocycles. The molecule has 0 N–H and O–H groups in total. The average Bonchev–Trinajstić information content (AvgIpc) is 1.78. The molecule has 0 spiro atoms. The minimum Gasteiger partial charge on any atom is -0.0331 e. The first-order valence-electron chi connectivity index (χ1n) is 3.75. The van der Waals surface area contributed by atoms with Crippen molar-refractivity contribution < 1.29 is 0 Å². The van der Waals surface area contributed by atoms with Crippen molar-refractivity contribution in [1.29, 1.82) is 0 Å². The fourth-order valence-electron chi connectivity index (χ4n) is 1.10. The van der Waals surface area contributed by atoms with Gasteiger partial charge in [0.25, 0.3) is 0 Å². The molecule has 0 radical (unpaired) electrons. The van der Waals surface area contributed by atoms with E-state index in [2.05, 4.69) is 19.9 Å². The molecular weight excluding hydrogens is 128 g/mol. The van der Waals surface area contributed by atoms with E-state index in [1.54, 1.807) is 4.91 Å². The van der Waals surface area contributed by atoms with E-state index in [4.69, 9.17) is 0 Å². The highest BCUT2D eigenvalue weighted by molar-refractivity contribution is 8.00. The lowest BCUT2D eigenvalue weighted by molar-refractivity contribution is 0.936. The Balaban J connectivity index is 2.37. The van der Waals surface area contributed by atoms with Gasteiger partial charge in [0.05, 0.1) is 0 Å². The summed E-state index contributed by atoms with van der Waals surface area (Å²) in [6.07, 6.45) is 5.15. The van der Waals surface area contributed by atoms with Crippen LogP contribution in [-0.4, -0.2) is 11.5 Å². The first kappa shape index (κ1) is 7.20. The second-order valence-electron chi connectivity index (χ2n) is 2.28. The summed E-state index contributed by atoms with van der Waals surface area (Å²) in [6.45, 7) is 4.59. The largest absolute Gasteiger partial charge is 0.128 e. The van der Waals surface area contributed by atoms with Crippen molar-refractivity contribution in [3.05, 3.63) is 11.0 Å². The number of hydrogen-bond donors (Lipinski definition) is 0. The van der Waals surface area contributed by atoms with E-state index in [-0.39, 0.29) is 0 Å². The van der Waals surface area contributed by atoms with E-state index < -0.39 is 0 Å². The number of allylic oxidation sites excluding steroid dienone is 2. The molecule has 0 nitrogen and oxygen atoms in total. The molecule has 0 aliphatic heterocycles. The molecule has 1 heteroatoms. The van der Waals surface area contributed by atoms with Crippen molar-refractivity contribution in [2.75, 3.05) is 11.5 Å². The molecule has 0 saturated heterocycles. The van der Waals surface area contributed by atoms with Gasteiger partial charge in [-0.3, -0.25) is 0 Å². The summed E-state index contributed by atoms with van der Waals surface area (Å²) in [5.41, 5.74) is 0. The molecule has 0 aromatic heterocycles. The topological polar surface area (TPSA) is 0 Å². The summed E-state index contributed by atoms with van der Waals surface area (Å²) in [5.74, 6) is 2.73. The van der Waals surface area contributed by atoms with Crippen LogP contribution in [0.1, 0.15) is 26.7 Å². The number of rotatable bonds is 3. The molecule has 52 valence electrons. The molecule has 0 unspecified atom stereocenters. The van der Waals surface area contributed by atoms with Gasteiger partial charge in [0, 0.05) is 17.3 Å². The van der Waals surface area contributed by atoms with E-state index >= 15 is 0 Å². The lowest BCUT2D eigenvalue weighted by Gasteiger charge is -2.12. The van der Waals surface area contributed by atoms with Gasteiger partial charge in [-0.25, -0.2) is 0 Å². The quantitative estimate of drug-likeness (QED) is 0.532. The van der Waals surface area contributed by atoms with Crippen molar-refractivity contribution in [3.63, 3.8) is 0 Å². The molecule has 0 aromatic rings. The maximum absolute atomic E-state index is 2.41. The average molecular weight is 143 g/mol. The smallest absolute Gasteiger partial charge is 0.0331 e. The van der Waals surface area contributed by atoms with E-state index in [9.17, 15) is 0 Å². The molecular formula is C8H15S+. The van der Waals surface area contributed by atoms with Crippen LogP contribution in [0.2, 0.25) is 0 Å². The van der Waals surface area contributed by atoms with Gasteiger partial charge in [-0.15, -0.1) is 0 Å². The molecule has 0 heterocycles. The lowest BCUT2D eigenvalue weighted by atomic mass is 10.1. The molecule has 1 aliphatic rings. The summed E-state index contributed by atoms with van der Waals surface area (Å²) in [7, 11) is 0.665. The van der Waals surface area contributed by atoms with Crippen LogP contribution in [0.15, 0.2) is 11.0 Å². The first-order chi connectivity index (χ1) is 4.38. The lowest BCUT2D eigenvalue weighted by Crippen LogP contribution is -2.14. The van der Waals surface area contributed by atoms with E-state index in [0.29, 0.717) is 10.9 Å².